The van der Waals surface area contributed by atoms with E-state index in [0.717, 1.165) is 12.8 Å². The standard InChI is InChI=1S/C14H19N5O/c1-11(15)4-2-5-14(20)18-12-6-7-13(16-10-12)19-9-3-8-17-19/h3,6-11H,2,4-5,15H2,1H3,(H,18,20). The molecule has 2 rings (SSSR count). The topological polar surface area (TPSA) is 85.8 Å². The van der Waals surface area contributed by atoms with Gasteiger partial charge in [0.15, 0.2) is 5.82 Å². The average Bonchev–Trinajstić information content (AvgIpc) is 2.93. The van der Waals surface area contributed by atoms with Gasteiger partial charge in [-0.05, 0) is 38.0 Å². The fourth-order valence-corrected chi connectivity index (χ4v) is 1.81. The molecule has 2 aromatic heterocycles. The van der Waals surface area contributed by atoms with Crippen molar-refractivity contribution in [2.75, 3.05) is 5.32 Å². The third-order valence-electron chi connectivity index (χ3n) is 2.83. The van der Waals surface area contributed by atoms with E-state index in [9.17, 15) is 4.79 Å². The fourth-order valence-electron chi connectivity index (χ4n) is 1.81. The van der Waals surface area contributed by atoms with Crippen molar-refractivity contribution >= 4 is 11.6 Å². The first-order chi connectivity index (χ1) is 9.65. The Labute approximate surface area is 118 Å². The second kappa shape index (κ2) is 6.81. The van der Waals surface area contributed by atoms with E-state index < -0.39 is 0 Å². The molecule has 3 N–H and O–H groups in total. The van der Waals surface area contributed by atoms with Gasteiger partial charge in [0.2, 0.25) is 5.91 Å². The van der Waals surface area contributed by atoms with Crippen LogP contribution in [-0.2, 0) is 4.79 Å². The van der Waals surface area contributed by atoms with Crippen LogP contribution in [0.3, 0.4) is 0 Å². The lowest BCUT2D eigenvalue weighted by atomic mass is 10.1. The summed E-state index contributed by atoms with van der Waals surface area (Å²) < 4.78 is 1.66. The van der Waals surface area contributed by atoms with Crippen LogP contribution in [0.15, 0.2) is 36.8 Å². The first-order valence-electron chi connectivity index (χ1n) is 6.66. The van der Waals surface area contributed by atoms with Crippen molar-refractivity contribution in [2.24, 2.45) is 5.73 Å². The summed E-state index contributed by atoms with van der Waals surface area (Å²) in [6, 6.07) is 5.59. The number of aromatic nitrogens is 3. The van der Waals surface area contributed by atoms with Gasteiger partial charge in [0.25, 0.3) is 0 Å². The van der Waals surface area contributed by atoms with Gasteiger partial charge in [-0.3, -0.25) is 4.79 Å². The molecule has 0 radical (unpaired) electrons. The SMILES string of the molecule is CC(N)CCCC(=O)Nc1ccc(-n2cccn2)nc1. The summed E-state index contributed by atoms with van der Waals surface area (Å²) in [5.74, 6) is 0.698. The van der Waals surface area contributed by atoms with Crippen molar-refractivity contribution in [3.8, 4) is 5.82 Å². The third-order valence-corrected chi connectivity index (χ3v) is 2.83. The molecule has 20 heavy (non-hydrogen) atoms. The number of nitrogens with one attached hydrogen (secondary N) is 1. The van der Waals surface area contributed by atoms with Gasteiger partial charge in [-0.1, -0.05) is 0 Å². The van der Waals surface area contributed by atoms with Gasteiger partial charge in [0, 0.05) is 24.9 Å². The van der Waals surface area contributed by atoms with Crippen molar-refractivity contribution in [1.82, 2.24) is 14.8 Å². The van der Waals surface area contributed by atoms with Gasteiger partial charge < -0.3 is 11.1 Å². The first-order valence-corrected chi connectivity index (χ1v) is 6.66. The van der Waals surface area contributed by atoms with Crippen molar-refractivity contribution in [3.05, 3.63) is 36.8 Å². The van der Waals surface area contributed by atoms with E-state index in [1.807, 2.05) is 31.3 Å². The van der Waals surface area contributed by atoms with E-state index in [4.69, 9.17) is 5.73 Å². The molecule has 0 bridgehead atoms. The molecular weight excluding hydrogens is 254 g/mol. The molecule has 0 aromatic carbocycles. The molecular formula is C14H19N5O. The number of rotatable bonds is 6. The highest BCUT2D eigenvalue weighted by molar-refractivity contribution is 5.90. The summed E-state index contributed by atoms with van der Waals surface area (Å²) >= 11 is 0. The van der Waals surface area contributed by atoms with Crippen LogP contribution in [0.25, 0.3) is 5.82 Å². The third kappa shape index (κ3) is 4.17. The number of carbonyl (C=O) groups excluding carboxylic acids is 1. The van der Waals surface area contributed by atoms with Crippen LogP contribution in [0, 0.1) is 0 Å². The van der Waals surface area contributed by atoms with Gasteiger partial charge in [-0.15, -0.1) is 0 Å². The monoisotopic (exact) mass is 273 g/mol. The minimum atomic E-state index is -0.0145. The summed E-state index contributed by atoms with van der Waals surface area (Å²) in [6.07, 6.45) is 7.25. The van der Waals surface area contributed by atoms with Gasteiger partial charge >= 0.3 is 0 Å². The largest absolute Gasteiger partial charge is 0.328 e. The molecule has 0 saturated carbocycles. The van der Waals surface area contributed by atoms with Crippen LogP contribution in [0.1, 0.15) is 26.2 Å². The molecule has 0 aliphatic heterocycles. The molecule has 0 fully saturated rings. The number of nitrogens with zero attached hydrogens (tertiary/aromatic N) is 3. The number of hydrogen-bond acceptors (Lipinski definition) is 4. The van der Waals surface area contributed by atoms with Gasteiger partial charge in [-0.2, -0.15) is 5.10 Å². The Morgan fingerprint density at radius 3 is 2.95 bits per heavy atom. The molecule has 1 unspecified atom stereocenters. The summed E-state index contributed by atoms with van der Waals surface area (Å²) in [5, 5.41) is 6.91. The number of anilines is 1. The Kier molecular flexibility index (Phi) is 4.84. The maximum atomic E-state index is 11.7. The van der Waals surface area contributed by atoms with E-state index in [1.165, 1.54) is 0 Å². The highest BCUT2D eigenvalue weighted by Crippen LogP contribution is 2.10. The Balaban J connectivity index is 1.86. The lowest BCUT2D eigenvalue weighted by Crippen LogP contribution is -2.17. The van der Waals surface area contributed by atoms with Gasteiger partial charge in [0.1, 0.15) is 0 Å². The zero-order valence-electron chi connectivity index (χ0n) is 11.5. The zero-order valence-corrected chi connectivity index (χ0v) is 11.5. The summed E-state index contributed by atoms with van der Waals surface area (Å²) in [5.41, 5.74) is 6.33. The van der Waals surface area contributed by atoms with Gasteiger partial charge in [0.05, 0.1) is 11.9 Å². The number of nitrogens with two attached hydrogens (primary N) is 1. The predicted molar refractivity (Wildman–Crippen MR) is 77.5 cm³/mol. The molecule has 0 saturated heterocycles. The summed E-state index contributed by atoms with van der Waals surface area (Å²) in [4.78, 5) is 16.0. The lowest BCUT2D eigenvalue weighted by molar-refractivity contribution is -0.116. The molecule has 0 aliphatic carbocycles. The van der Waals surface area contributed by atoms with Crippen molar-refractivity contribution in [1.29, 1.82) is 0 Å². The van der Waals surface area contributed by atoms with Crippen molar-refractivity contribution in [2.45, 2.75) is 32.2 Å². The van der Waals surface area contributed by atoms with E-state index in [0.29, 0.717) is 17.9 Å². The number of pyridine rings is 1. The normalized spacial score (nSPS) is 12.1. The maximum Gasteiger partial charge on any atom is 0.224 e. The molecule has 0 aliphatic rings. The Morgan fingerprint density at radius 2 is 2.35 bits per heavy atom. The minimum Gasteiger partial charge on any atom is -0.328 e. The predicted octanol–water partition coefficient (Wildman–Crippen LogP) is 1.72. The Morgan fingerprint density at radius 1 is 1.50 bits per heavy atom. The fraction of sp³-hybridized carbons (Fsp3) is 0.357. The number of carbonyl (C=O) groups is 1. The van der Waals surface area contributed by atoms with Crippen LogP contribution in [0.5, 0.6) is 0 Å². The molecule has 2 heterocycles. The molecule has 1 atom stereocenters. The van der Waals surface area contributed by atoms with Crippen LogP contribution in [-0.4, -0.2) is 26.7 Å². The van der Waals surface area contributed by atoms with Crippen LogP contribution >= 0.6 is 0 Å². The Bertz CT molecular complexity index is 533. The van der Waals surface area contributed by atoms with E-state index >= 15 is 0 Å². The van der Waals surface area contributed by atoms with Crippen molar-refractivity contribution < 1.29 is 4.79 Å². The molecule has 6 heteroatoms. The van der Waals surface area contributed by atoms with Crippen LogP contribution < -0.4 is 11.1 Å². The smallest absolute Gasteiger partial charge is 0.224 e. The lowest BCUT2D eigenvalue weighted by Gasteiger charge is -2.07. The average molecular weight is 273 g/mol. The van der Waals surface area contributed by atoms with E-state index in [-0.39, 0.29) is 11.9 Å². The quantitative estimate of drug-likeness (QED) is 0.839. The van der Waals surface area contributed by atoms with Crippen LogP contribution in [0.4, 0.5) is 5.69 Å². The molecule has 106 valence electrons. The molecule has 2 aromatic rings. The second-order valence-corrected chi connectivity index (χ2v) is 4.77. The summed E-state index contributed by atoms with van der Waals surface area (Å²) in [7, 11) is 0. The van der Waals surface area contributed by atoms with E-state index in [1.54, 1.807) is 17.1 Å². The maximum absolute atomic E-state index is 11.7. The van der Waals surface area contributed by atoms with Crippen LogP contribution in [0.2, 0.25) is 0 Å². The minimum absolute atomic E-state index is 0.0145. The Hall–Kier alpha value is -2.21. The highest BCUT2D eigenvalue weighted by atomic mass is 16.1. The number of amides is 1. The number of hydrogen-bond donors (Lipinski definition) is 2. The summed E-state index contributed by atoms with van der Waals surface area (Å²) in [6.45, 7) is 1.94. The first kappa shape index (κ1) is 14.2. The van der Waals surface area contributed by atoms with Gasteiger partial charge in [-0.25, -0.2) is 9.67 Å². The highest BCUT2D eigenvalue weighted by Gasteiger charge is 2.04. The zero-order chi connectivity index (χ0) is 14.4. The second-order valence-electron chi connectivity index (χ2n) is 4.77. The molecule has 1 amide bonds. The van der Waals surface area contributed by atoms with Crippen molar-refractivity contribution in [3.63, 3.8) is 0 Å². The van der Waals surface area contributed by atoms with E-state index in [2.05, 4.69) is 15.4 Å². The molecule has 0 spiro atoms. The molecule has 6 nitrogen and oxygen atoms in total.